The highest BCUT2D eigenvalue weighted by molar-refractivity contribution is 7.80. The highest BCUT2D eigenvalue weighted by Crippen LogP contribution is 2.42. The fourth-order valence-corrected chi connectivity index (χ4v) is 4.47. The summed E-state index contributed by atoms with van der Waals surface area (Å²) in [7, 11) is 1.52. The lowest BCUT2D eigenvalue weighted by atomic mass is 9.78. The van der Waals surface area contributed by atoms with Gasteiger partial charge in [0.2, 0.25) is 0 Å². The Balaban J connectivity index is 1.81. The highest BCUT2D eigenvalue weighted by atomic mass is 32.1. The lowest BCUT2D eigenvalue weighted by Gasteiger charge is -2.51. The number of ether oxygens (including phenoxy) is 1. The molecule has 31 heavy (non-hydrogen) atoms. The van der Waals surface area contributed by atoms with Crippen LogP contribution in [-0.2, 0) is 11.2 Å². The molecule has 0 radical (unpaired) electrons. The van der Waals surface area contributed by atoms with Crippen molar-refractivity contribution in [2.45, 2.75) is 32.2 Å². The number of thiocarbonyl (C=S) groups is 1. The van der Waals surface area contributed by atoms with Gasteiger partial charge < -0.3 is 14.7 Å². The van der Waals surface area contributed by atoms with Gasteiger partial charge in [0.25, 0.3) is 0 Å². The van der Waals surface area contributed by atoms with Crippen LogP contribution in [0.5, 0.6) is 0 Å². The van der Waals surface area contributed by atoms with Crippen LogP contribution >= 0.6 is 12.2 Å². The van der Waals surface area contributed by atoms with E-state index >= 15 is 0 Å². The number of aliphatic hydroxyl groups excluding tert-OH is 1. The van der Waals surface area contributed by atoms with E-state index in [4.69, 9.17) is 17.0 Å². The van der Waals surface area contributed by atoms with E-state index in [9.17, 15) is 9.50 Å². The molecule has 3 rings (SSSR count). The van der Waals surface area contributed by atoms with Crippen LogP contribution in [0.15, 0.2) is 90.4 Å². The van der Waals surface area contributed by atoms with Gasteiger partial charge in [0.15, 0.2) is 0 Å². The van der Waals surface area contributed by atoms with Gasteiger partial charge in [-0.25, -0.2) is 4.39 Å². The van der Waals surface area contributed by atoms with Crippen LogP contribution < -0.4 is 4.90 Å². The molecule has 0 bridgehead atoms. The second kappa shape index (κ2) is 10.4. The Labute approximate surface area is 189 Å². The van der Waals surface area contributed by atoms with Gasteiger partial charge in [0.05, 0.1) is 18.1 Å². The fourth-order valence-electron chi connectivity index (χ4n) is 4.00. The van der Waals surface area contributed by atoms with Gasteiger partial charge in [0.1, 0.15) is 17.3 Å². The molecule has 1 saturated heterocycles. The minimum atomic E-state index is -0.222. The van der Waals surface area contributed by atoms with Crippen LogP contribution in [0, 0.1) is 11.7 Å². The van der Waals surface area contributed by atoms with Crippen molar-refractivity contribution in [1.29, 1.82) is 0 Å². The minimum absolute atomic E-state index is 0.0750. The Hall–Kier alpha value is -2.92. The largest absolute Gasteiger partial charge is 0.507 e. The topological polar surface area (TPSA) is 32.7 Å². The molecule has 1 N–H and O–H groups in total. The summed E-state index contributed by atoms with van der Waals surface area (Å²) >= 11 is 5.80. The van der Waals surface area contributed by atoms with Gasteiger partial charge in [-0.2, -0.15) is 0 Å². The van der Waals surface area contributed by atoms with E-state index < -0.39 is 0 Å². The van der Waals surface area contributed by atoms with E-state index in [0.29, 0.717) is 5.76 Å². The first kappa shape index (κ1) is 22.8. The maximum absolute atomic E-state index is 13.2. The maximum atomic E-state index is 13.2. The molecule has 0 saturated carbocycles. The third-order valence-electron chi connectivity index (χ3n) is 5.63. The molecule has 2 unspecified atom stereocenters. The smallest absolute Gasteiger partial charge is 0.124 e. The summed E-state index contributed by atoms with van der Waals surface area (Å²) in [6.45, 7) is 5.69. The van der Waals surface area contributed by atoms with E-state index in [0.717, 1.165) is 41.1 Å². The van der Waals surface area contributed by atoms with Gasteiger partial charge in [-0.05, 0) is 56.0 Å². The lowest BCUT2D eigenvalue weighted by molar-refractivity contribution is 0.303. The number of anilines is 1. The molecule has 2 aromatic rings. The number of halogens is 1. The average molecular weight is 438 g/mol. The predicted molar refractivity (Wildman–Crippen MR) is 129 cm³/mol. The van der Waals surface area contributed by atoms with Gasteiger partial charge >= 0.3 is 0 Å². The number of methoxy groups -OCH3 is 1. The van der Waals surface area contributed by atoms with Crippen molar-refractivity contribution in [3.05, 3.63) is 102 Å². The van der Waals surface area contributed by atoms with E-state index in [-0.39, 0.29) is 23.5 Å². The third kappa shape index (κ3) is 5.23. The van der Waals surface area contributed by atoms with Crippen molar-refractivity contribution in [1.82, 2.24) is 0 Å². The first-order valence-electron chi connectivity index (χ1n) is 10.4. The minimum Gasteiger partial charge on any atom is -0.507 e. The molecule has 5 heteroatoms. The molecule has 2 atom stereocenters. The van der Waals surface area contributed by atoms with Crippen molar-refractivity contribution in [2.75, 3.05) is 12.0 Å². The quantitative estimate of drug-likeness (QED) is 0.275. The molecule has 1 fully saturated rings. The summed E-state index contributed by atoms with van der Waals surface area (Å²) in [5, 5.41) is 10.8. The zero-order chi connectivity index (χ0) is 22.4. The van der Waals surface area contributed by atoms with Gasteiger partial charge in [-0.3, -0.25) is 0 Å². The van der Waals surface area contributed by atoms with Gasteiger partial charge in [-0.1, -0.05) is 55.2 Å². The monoisotopic (exact) mass is 437 g/mol. The molecule has 0 amide bonds. The van der Waals surface area contributed by atoms with Gasteiger partial charge in [0, 0.05) is 23.3 Å². The molecule has 1 aliphatic rings. The molecule has 3 nitrogen and oxygen atoms in total. The number of benzene rings is 2. The summed E-state index contributed by atoms with van der Waals surface area (Å²) in [4.78, 5) is 2.97. The van der Waals surface area contributed by atoms with Crippen LogP contribution in [0.1, 0.15) is 25.3 Å². The van der Waals surface area contributed by atoms with E-state index in [2.05, 4.69) is 11.5 Å². The Morgan fingerprint density at radius 1 is 1.19 bits per heavy atom. The maximum Gasteiger partial charge on any atom is 0.124 e. The number of allylic oxidation sites excluding steroid dienone is 2. The number of aliphatic hydroxyl groups is 1. The summed E-state index contributed by atoms with van der Waals surface area (Å²) in [5.41, 5.74) is 2.90. The van der Waals surface area contributed by atoms with Crippen LogP contribution in [0.25, 0.3) is 0 Å². The molecule has 1 heterocycles. The van der Waals surface area contributed by atoms with Crippen molar-refractivity contribution in [3.63, 3.8) is 0 Å². The zero-order valence-corrected chi connectivity index (χ0v) is 18.7. The summed E-state index contributed by atoms with van der Waals surface area (Å²) in [6.07, 6.45) is 6.10. The Morgan fingerprint density at radius 2 is 1.87 bits per heavy atom. The third-order valence-corrected chi connectivity index (χ3v) is 6.13. The SMILES string of the molecule is C=C(/C=C(O)\C(=C/C)C1C(CCCc2ccc(F)cc2)C(=S)N1c1ccccc1)OC. The van der Waals surface area contributed by atoms with Crippen molar-refractivity contribution >= 4 is 22.9 Å². The molecule has 2 aromatic carbocycles. The molecule has 0 aromatic heterocycles. The molecular weight excluding hydrogens is 409 g/mol. The van der Waals surface area contributed by atoms with Crippen molar-refractivity contribution < 1.29 is 14.2 Å². The Kier molecular flexibility index (Phi) is 7.64. The zero-order valence-electron chi connectivity index (χ0n) is 17.9. The first-order chi connectivity index (χ1) is 15.0. The first-order valence-corrected chi connectivity index (χ1v) is 10.8. The molecular formula is C26H28FNO2S. The number of rotatable bonds is 9. The standard InChI is InChI=1S/C26H28FNO2S/c1-4-22(24(29)17-18(2)30-3)25-23(12-8-9-19-13-15-20(27)16-14-19)26(31)28(25)21-10-6-5-7-11-21/h4-7,10-11,13-17,23,25,29H,2,8-9,12H2,1,3H3/b22-4+,24-17+. The summed E-state index contributed by atoms with van der Waals surface area (Å²) in [5.74, 6) is 0.414. The van der Waals surface area contributed by atoms with Crippen LogP contribution in [0.2, 0.25) is 0 Å². The van der Waals surface area contributed by atoms with Crippen LogP contribution in [0.3, 0.4) is 0 Å². The van der Waals surface area contributed by atoms with Crippen molar-refractivity contribution in [2.24, 2.45) is 5.92 Å². The predicted octanol–water partition coefficient (Wildman–Crippen LogP) is 6.53. The van der Waals surface area contributed by atoms with E-state index in [1.165, 1.54) is 25.3 Å². The molecule has 1 aliphatic heterocycles. The molecule has 0 aliphatic carbocycles. The molecule has 162 valence electrons. The average Bonchev–Trinajstić information content (AvgIpc) is 2.78. The number of hydrogen-bond acceptors (Lipinski definition) is 3. The van der Waals surface area contributed by atoms with Crippen LogP contribution in [-0.4, -0.2) is 23.2 Å². The van der Waals surface area contributed by atoms with Gasteiger partial charge in [-0.15, -0.1) is 0 Å². The highest BCUT2D eigenvalue weighted by Gasteiger charge is 2.46. The van der Waals surface area contributed by atoms with Crippen LogP contribution in [0.4, 0.5) is 10.1 Å². The summed E-state index contributed by atoms with van der Waals surface area (Å²) in [6, 6.07) is 16.5. The fraction of sp³-hybridized carbons (Fsp3) is 0.269. The second-order valence-electron chi connectivity index (χ2n) is 7.56. The normalized spacial score (nSPS) is 19.2. The Morgan fingerprint density at radius 3 is 2.48 bits per heavy atom. The number of aryl methyl sites for hydroxylation is 1. The second-order valence-corrected chi connectivity index (χ2v) is 7.98. The number of nitrogens with zero attached hydrogens (tertiary/aromatic N) is 1. The Bertz CT molecular complexity index is 982. The summed E-state index contributed by atoms with van der Waals surface area (Å²) < 4.78 is 18.3. The van der Waals surface area contributed by atoms with E-state index in [1.807, 2.05) is 55.5 Å². The molecule has 0 spiro atoms. The van der Waals surface area contributed by atoms with Crippen molar-refractivity contribution in [3.8, 4) is 0 Å². The number of para-hydroxylation sites is 1. The lowest BCUT2D eigenvalue weighted by Crippen LogP contribution is -2.61. The van der Waals surface area contributed by atoms with E-state index in [1.54, 1.807) is 0 Å². The number of hydrogen-bond donors (Lipinski definition) is 1.